The molecule has 1 rings (SSSR count). The van der Waals surface area contributed by atoms with Crippen molar-refractivity contribution < 1.29 is 38.7 Å². The number of carbonyl (C=O) groups excluding carboxylic acids is 6. The van der Waals surface area contributed by atoms with Gasteiger partial charge >= 0.3 is 5.97 Å². The van der Waals surface area contributed by atoms with Crippen molar-refractivity contribution in [2.24, 2.45) is 17.6 Å². The molecule has 14 nitrogen and oxygen atoms in total. The van der Waals surface area contributed by atoms with E-state index in [9.17, 15) is 38.7 Å². The summed E-state index contributed by atoms with van der Waals surface area (Å²) in [5.74, 6) is -6.00. The first-order chi connectivity index (χ1) is 20.5. The van der Waals surface area contributed by atoms with Crippen LogP contribution in [0.4, 0.5) is 0 Å². The minimum atomic E-state index is -1.43. The number of carboxylic acids is 1. The van der Waals surface area contributed by atoms with Crippen molar-refractivity contribution in [1.29, 1.82) is 0 Å². The first-order valence-electron chi connectivity index (χ1n) is 13.9. The quantitative estimate of drug-likeness (QED) is 0.141. The minimum absolute atomic E-state index is 0.0152. The summed E-state index contributed by atoms with van der Waals surface area (Å²) in [6.07, 6.45) is 0.753. The Morgan fingerprint density at radius 3 is 1.98 bits per heavy atom. The van der Waals surface area contributed by atoms with Crippen molar-refractivity contribution >= 4 is 64.6 Å². The first-order valence-corrected chi connectivity index (χ1v) is 14.7. The molecule has 0 saturated heterocycles. The third-order valence-corrected chi connectivity index (χ3v) is 6.85. The van der Waals surface area contributed by atoms with E-state index in [0.29, 0.717) is 6.42 Å². The third-order valence-electron chi connectivity index (χ3n) is 6.13. The van der Waals surface area contributed by atoms with Crippen molar-refractivity contribution in [2.75, 3.05) is 26.2 Å². The molecule has 0 saturated carbocycles. The van der Waals surface area contributed by atoms with Crippen LogP contribution in [0.3, 0.4) is 0 Å². The van der Waals surface area contributed by atoms with Crippen molar-refractivity contribution in [3.8, 4) is 0 Å². The molecule has 0 spiro atoms. The van der Waals surface area contributed by atoms with Gasteiger partial charge in [0, 0.05) is 6.54 Å². The Morgan fingerprint density at radius 1 is 0.886 bits per heavy atom. The fraction of sp³-hybridized carbons (Fsp3) is 0.536. The smallest absolute Gasteiger partial charge is 0.336 e. The summed E-state index contributed by atoms with van der Waals surface area (Å²) < 4.78 is 0. The van der Waals surface area contributed by atoms with Gasteiger partial charge in [-0.3, -0.25) is 28.8 Å². The van der Waals surface area contributed by atoms with E-state index >= 15 is 0 Å². The number of nitrogens with two attached hydrogens (primary N) is 1. The molecule has 0 heterocycles. The Kier molecular flexibility index (Phi) is 15.6. The second-order valence-electron chi connectivity index (χ2n) is 10.8. The van der Waals surface area contributed by atoms with Crippen LogP contribution >= 0.6 is 23.2 Å². The summed E-state index contributed by atoms with van der Waals surface area (Å²) in [5, 5.41) is 19.1. The summed E-state index contributed by atoms with van der Waals surface area (Å²) in [4.78, 5) is 88.2. The van der Waals surface area contributed by atoms with Gasteiger partial charge in [0.25, 0.3) is 5.91 Å². The molecule has 0 aliphatic heterocycles. The molecule has 6 amide bonds. The Hall–Kier alpha value is -3.91. The summed E-state index contributed by atoms with van der Waals surface area (Å²) in [5.41, 5.74) is 4.36. The molecule has 0 aliphatic carbocycles. The van der Waals surface area contributed by atoms with Crippen LogP contribution in [0.1, 0.15) is 68.2 Å². The number of hydrogen-bond acceptors (Lipinski definition) is 7. The first kappa shape index (κ1) is 38.1. The second-order valence-corrected chi connectivity index (χ2v) is 11.6. The van der Waals surface area contributed by atoms with Crippen LogP contribution in [0, 0.1) is 11.8 Å². The fourth-order valence-electron chi connectivity index (χ4n) is 4.05. The van der Waals surface area contributed by atoms with Crippen molar-refractivity contribution in [2.45, 2.75) is 59.5 Å². The Labute approximate surface area is 265 Å². The Bertz CT molecular complexity index is 1260. The highest BCUT2D eigenvalue weighted by atomic mass is 35.5. The standard InChI is InChI=1S/C28H40Cl2N6O8/c1-6-7-36(13-23(39)34-20(8-14(2)3)26(41)32-11-21(31)37)27(42)24(15(4)5)35-22(38)12-33-25(40)16-9-18(29)19(30)10-17(16)28(43)44/h9-10,14-15,20,24H,6-8,11-13H2,1-5H3,(H2,31,37)(H,32,41)(H,33,40)(H,34,39)(H,35,38)(H,43,44)/t20-,24?/m0/s1. The number of nitrogens with zero attached hydrogens (tertiary/aromatic N) is 1. The van der Waals surface area contributed by atoms with E-state index in [4.69, 9.17) is 28.9 Å². The van der Waals surface area contributed by atoms with Gasteiger partial charge in [-0.1, -0.05) is 57.8 Å². The third kappa shape index (κ3) is 12.4. The molecule has 16 heteroatoms. The van der Waals surface area contributed by atoms with Gasteiger partial charge in [0.05, 0.1) is 40.8 Å². The average molecular weight is 660 g/mol. The number of carboxylic acid groups (broad SMARTS) is 1. The highest BCUT2D eigenvalue weighted by Gasteiger charge is 2.31. The van der Waals surface area contributed by atoms with E-state index < -0.39 is 84.6 Å². The SMILES string of the molecule is CCCN(CC(=O)N[C@@H](CC(C)C)C(=O)NCC(N)=O)C(=O)C(NC(=O)CNC(=O)c1cc(Cl)c(Cl)cc1C(=O)O)C(C)C. The van der Waals surface area contributed by atoms with Crippen molar-refractivity contribution in [1.82, 2.24) is 26.2 Å². The van der Waals surface area contributed by atoms with Gasteiger partial charge in [0.15, 0.2) is 0 Å². The van der Waals surface area contributed by atoms with Crippen LogP contribution in [-0.2, 0) is 24.0 Å². The normalized spacial score (nSPS) is 12.2. The molecular weight excluding hydrogens is 619 g/mol. The Morgan fingerprint density at radius 2 is 1.48 bits per heavy atom. The lowest BCUT2D eigenvalue weighted by Crippen LogP contribution is -2.56. The Balaban J connectivity index is 2.98. The van der Waals surface area contributed by atoms with E-state index in [1.807, 2.05) is 13.8 Å². The van der Waals surface area contributed by atoms with E-state index in [0.717, 1.165) is 12.1 Å². The number of nitrogens with one attached hydrogen (secondary N) is 4. The molecule has 44 heavy (non-hydrogen) atoms. The van der Waals surface area contributed by atoms with E-state index in [-0.39, 0.29) is 34.5 Å². The van der Waals surface area contributed by atoms with Gasteiger partial charge in [0.2, 0.25) is 29.5 Å². The molecule has 7 N–H and O–H groups in total. The number of primary amides is 1. The molecule has 0 bridgehead atoms. The predicted octanol–water partition coefficient (Wildman–Crippen LogP) is 0.933. The van der Waals surface area contributed by atoms with E-state index in [1.165, 1.54) is 4.90 Å². The number of hydrogen-bond donors (Lipinski definition) is 6. The molecule has 0 aromatic heterocycles. The molecule has 0 aliphatic rings. The van der Waals surface area contributed by atoms with Crippen molar-refractivity contribution in [3.05, 3.63) is 33.3 Å². The number of benzene rings is 1. The molecule has 0 fully saturated rings. The zero-order valence-corrected chi connectivity index (χ0v) is 26.8. The predicted molar refractivity (Wildman–Crippen MR) is 163 cm³/mol. The van der Waals surface area contributed by atoms with Crippen LogP contribution in [-0.4, -0.2) is 89.7 Å². The topological polar surface area (TPSA) is 217 Å². The zero-order chi connectivity index (χ0) is 33.7. The van der Waals surface area contributed by atoms with Gasteiger partial charge in [-0.2, -0.15) is 0 Å². The largest absolute Gasteiger partial charge is 0.478 e. The lowest BCUT2D eigenvalue weighted by atomic mass is 10.0. The van der Waals surface area contributed by atoms with Gasteiger partial charge < -0.3 is 37.0 Å². The minimum Gasteiger partial charge on any atom is -0.478 e. The van der Waals surface area contributed by atoms with Crippen LogP contribution < -0.4 is 27.0 Å². The summed E-state index contributed by atoms with van der Waals surface area (Å²) in [7, 11) is 0. The summed E-state index contributed by atoms with van der Waals surface area (Å²) in [6.45, 7) is 7.63. The van der Waals surface area contributed by atoms with E-state index in [2.05, 4.69) is 21.3 Å². The molecule has 1 unspecified atom stereocenters. The highest BCUT2D eigenvalue weighted by Crippen LogP contribution is 2.26. The number of halogens is 2. The monoisotopic (exact) mass is 658 g/mol. The van der Waals surface area contributed by atoms with Gasteiger partial charge in [-0.25, -0.2) is 4.79 Å². The molecule has 2 atom stereocenters. The molecule has 0 radical (unpaired) electrons. The maximum Gasteiger partial charge on any atom is 0.336 e. The van der Waals surface area contributed by atoms with Crippen LogP contribution in [0.25, 0.3) is 0 Å². The second kappa shape index (κ2) is 18.0. The van der Waals surface area contributed by atoms with Gasteiger partial charge in [-0.05, 0) is 36.8 Å². The molecule has 244 valence electrons. The maximum atomic E-state index is 13.5. The zero-order valence-electron chi connectivity index (χ0n) is 25.3. The number of carbonyl (C=O) groups is 7. The van der Waals surface area contributed by atoms with E-state index in [1.54, 1.807) is 20.8 Å². The van der Waals surface area contributed by atoms with Crippen LogP contribution in [0.2, 0.25) is 10.0 Å². The number of aromatic carboxylic acids is 1. The molecule has 1 aromatic carbocycles. The fourth-order valence-corrected chi connectivity index (χ4v) is 4.38. The van der Waals surface area contributed by atoms with Crippen LogP contribution in [0.15, 0.2) is 12.1 Å². The van der Waals surface area contributed by atoms with Crippen molar-refractivity contribution in [3.63, 3.8) is 0 Å². The maximum absolute atomic E-state index is 13.5. The molecular formula is C28H40Cl2N6O8. The molecule has 1 aromatic rings. The van der Waals surface area contributed by atoms with Gasteiger partial charge in [-0.15, -0.1) is 0 Å². The summed E-state index contributed by atoms with van der Waals surface area (Å²) in [6, 6.07) is 0.0402. The van der Waals surface area contributed by atoms with Crippen LogP contribution in [0.5, 0.6) is 0 Å². The lowest BCUT2D eigenvalue weighted by Gasteiger charge is -2.30. The highest BCUT2D eigenvalue weighted by molar-refractivity contribution is 6.42. The average Bonchev–Trinajstić information content (AvgIpc) is 2.92. The van der Waals surface area contributed by atoms with Gasteiger partial charge in [0.1, 0.15) is 12.1 Å². The summed E-state index contributed by atoms with van der Waals surface area (Å²) >= 11 is 11.8. The number of rotatable bonds is 17. The number of amides is 6. The lowest BCUT2D eigenvalue weighted by molar-refractivity contribution is -0.141.